The number of phosphoric acid groups is 2. The van der Waals surface area contributed by atoms with Crippen LogP contribution in [0.3, 0.4) is 0 Å². The third kappa shape index (κ3) is 43.0. The summed E-state index contributed by atoms with van der Waals surface area (Å²) in [5, 5.41) is 29.9. The number of allylic oxidation sites excluding steroid dienone is 10. The largest absolute Gasteiger partial charge is 0.472 e. The van der Waals surface area contributed by atoms with Crippen LogP contribution in [-0.2, 0) is 46.3 Å². The Morgan fingerprint density at radius 2 is 0.710 bits per heavy atom. The van der Waals surface area contributed by atoms with Gasteiger partial charge in [-0.3, -0.25) is 27.7 Å². The van der Waals surface area contributed by atoms with Crippen LogP contribution in [0.1, 0.15) is 155 Å². The van der Waals surface area contributed by atoms with Crippen LogP contribution in [0.25, 0.3) is 0 Å². The molecule has 0 heterocycles. The van der Waals surface area contributed by atoms with Gasteiger partial charge in [0, 0.05) is 12.8 Å². The molecule has 0 aromatic rings. The lowest BCUT2D eigenvalue weighted by Gasteiger charge is -2.19. The minimum absolute atomic E-state index is 0.118. The van der Waals surface area contributed by atoms with Crippen molar-refractivity contribution in [2.45, 2.75) is 173 Å². The number of unbranched alkanes of at least 4 members (excludes halogenated alkanes) is 13. The van der Waals surface area contributed by atoms with Crippen LogP contribution in [0.5, 0.6) is 0 Å². The van der Waals surface area contributed by atoms with E-state index in [4.69, 9.17) is 9.47 Å². The molecule has 0 fully saturated rings. The Balaban J connectivity index is 3.99. The number of hydrogen-bond acceptors (Lipinski definition) is 13. The fraction of sp³-hybridized carbons (Fsp3) is 0.733. The van der Waals surface area contributed by atoms with Crippen molar-refractivity contribution in [2.75, 3.05) is 39.6 Å². The molecule has 0 spiro atoms. The number of aliphatic hydroxyl groups excluding tert-OH is 3. The highest BCUT2D eigenvalue weighted by molar-refractivity contribution is 7.47. The maximum absolute atomic E-state index is 12.1. The number of phosphoric ester groups is 2. The summed E-state index contributed by atoms with van der Waals surface area (Å²) in [6, 6.07) is 0. The smallest absolute Gasteiger partial charge is 0.463 e. The van der Waals surface area contributed by atoms with Gasteiger partial charge in [0.05, 0.1) is 26.4 Å². The first-order valence-electron chi connectivity index (χ1n) is 22.6. The van der Waals surface area contributed by atoms with Crippen LogP contribution in [0.2, 0.25) is 0 Å². The summed E-state index contributed by atoms with van der Waals surface area (Å²) >= 11 is 0. The molecule has 360 valence electrons. The van der Waals surface area contributed by atoms with Gasteiger partial charge in [-0.2, -0.15) is 0 Å². The van der Waals surface area contributed by atoms with Crippen molar-refractivity contribution in [3.8, 4) is 0 Å². The van der Waals surface area contributed by atoms with Crippen LogP contribution in [0.15, 0.2) is 60.8 Å². The van der Waals surface area contributed by atoms with E-state index in [0.717, 1.165) is 51.4 Å². The summed E-state index contributed by atoms with van der Waals surface area (Å²) in [4.78, 5) is 43.6. The van der Waals surface area contributed by atoms with E-state index in [1.165, 1.54) is 57.8 Å². The molecule has 0 aromatic heterocycles. The highest BCUT2D eigenvalue weighted by Crippen LogP contribution is 2.45. The number of rotatable bonds is 43. The molecule has 0 saturated heterocycles. The normalized spacial score (nSPS) is 15.8. The lowest BCUT2D eigenvalue weighted by Crippen LogP contribution is -2.25. The molecule has 0 aromatic carbocycles. The van der Waals surface area contributed by atoms with E-state index in [0.29, 0.717) is 19.3 Å². The van der Waals surface area contributed by atoms with Crippen molar-refractivity contribution in [1.82, 2.24) is 0 Å². The second-order valence-corrected chi connectivity index (χ2v) is 18.0. The first-order valence-corrected chi connectivity index (χ1v) is 25.6. The minimum Gasteiger partial charge on any atom is -0.463 e. The lowest BCUT2D eigenvalue weighted by atomic mass is 10.1. The molecule has 0 rings (SSSR count). The molecular formula is C45H80O15P2. The highest BCUT2D eigenvalue weighted by atomic mass is 31.2. The molecule has 5 N–H and O–H groups in total. The molecule has 0 aliphatic carbocycles. The third-order valence-electron chi connectivity index (χ3n) is 8.95. The van der Waals surface area contributed by atoms with E-state index in [2.05, 4.69) is 80.6 Å². The number of carbonyl (C=O) groups is 2. The van der Waals surface area contributed by atoms with Gasteiger partial charge in [-0.25, -0.2) is 9.13 Å². The van der Waals surface area contributed by atoms with E-state index in [1.54, 1.807) is 0 Å². The Morgan fingerprint density at radius 1 is 0.419 bits per heavy atom. The standard InChI is InChI=1S/C45H80O15P2/c1-3-5-7-9-11-13-15-17-18-19-20-22-24-26-28-30-32-34-45(50)56-36-42(47)38-58-62(53,54)60-40-43(48)39-59-61(51,52)57-37-41(46)35-55-44(49)33-31-29-27-25-23-21-16-14-12-10-8-6-4-2/h11,13,17-18,20-23,26,28,41-43,46-48H,3-10,12,14-16,19,24-25,27,29-40H2,1-2H3,(H,51,52)(H,53,54)/b13-11-,18-17-,22-20-,23-21-,28-26-. The second-order valence-electron chi connectivity index (χ2n) is 15.1. The van der Waals surface area contributed by atoms with Gasteiger partial charge < -0.3 is 34.6 Å². The van der Waals surface area contributed by atoms with Crippen LogP contribution in [0.4, 0.5) is 0 Å². The van der Waals surface area contributed by atoms with E-state index < -0.39 is 85.5 Å². The van der Waals surface area contributed by atoms with Gasteiger partial charge in [-0.05, 0) is 77.0 Å². The summed E-state index contributed by atoms with van der Waals surface area (Å²) in [6.07, 6.45) is 38.0. The summed E-state index contributed by atoms with van der Waals surface area (Å²) in [5.41, 5.74) is 0. The Labute approximate surface area is 371 Å². The highest BCUT2D eigenvalue weighted by Gasteiger charge is 2.28. The quantitative estimate of drug-likeness (QED) is 0.0166. The van der Waals surface area contributed by atoms with Crippen molar-refractivity contribution in [3.63, 3.8) is 0 Å². The fourth-order valence-electron chi connectivity index (χ4n) is 5.37. The zero-order chi connectivity index (χ0) is 46.0. The topological polar surface area (TPSA) is 225 Å². The van der Waals surface area contributed by atoms with Crippen molar-refractivity contribution in [1.29, 1.82) is 0 Å². The summed E-state index contributed by atoms with van der Waals surface area (Å²) in [6.45, 7) is 0.276. The number of hydrogen-bond donors (Lipinski definition) is 5. The molecule has 5 unspecified atom stereocenters. The number of carbonyl (C=O) groups excluding carboxylic acids is 2. The Kier molecular flexibility index (Phi) is 39.9. The SMILES string of the molecule is CCCCC/C=C\C/C=C\C/C=C\C/C=C\CCCC(=O)OCC(O)COP(=O)(O)OCC(O)COP(=O)(O)OCC(O)COC(=O)CCCCC/C=C\CCCCCCCC. The van der Waals surface area contributed by atoms with Crippen molar-refractivity contribution >= 4 is 27.6 Å². The molecule has 0 bridgehead atoms. The molecule has 5 atom stereocenters. The third-order valence-corrected chi connectivity index (χ3v) is 10.8. The van der Waals surface area contributed by atoms with Crippen molar-refractivity contribution in [2.24, 2.45) is 0 Å². The molecular weight excluding hydrogens is 842 g/mol. The summed E-state index contributed by atoms with van der Waals surface area (Å²) in [5.74, 6) is -1.07. The molecule has 15 nitrogen and oxygen atoms in total. The Bertz CT molecular complexity index is 1350. The molecule has 0 saturated carbocycles. The van der Waals surface area contributed by atoms with Crippen LogP contribution < -0.4 is 0 Å². The first-order chi connectivity index (χ1) is 29.8. The maximum Gasteiger partial charge on any atom is 0.472 e. The van der Waals surface area contributed by atoms with Gasteiger partial charge in [-0.1, -0.05) is 126 Å². The number of aliphatic hydroxyl groups is 3. The van der Waals surface area contributed by atoms with E-state index in [9.17, 15) is 43.8 Å². The zero-order valence-electron chi connectivity index (χ0n) is 37.5. The van der Waals surface area contributed by atoms with Crippen LogP contribution in [0, 0.1) is 0 Å². The first kappa shape index (κ1) is 59.7. The van der Waals surface area contributed by atoms with Crippen LogP contribution >= 0.6 is 15.6 Å². The van der Waals surface area contributed by atoms with Gasteiger partial charge in [0.2, 0.25) is 0 Å². The van der Waals surface area contributed by atoms with Gasteiger partial charge in [0.1, 0.15) is 31.5 Å². The monoisotopic (exact) mass is 922 g/mol. The molecule has 0 aliphatic rings. The molecule has 0 radical (unpaired) electrons. The summed E-state index contributed by atoms with van der Waals surface area (Å²) in [7, 11) is -9.59. The van der Waals surface area contributed by atoms with Gasteiger partial charge in [0.15, 0.2) is 0 Å². The van der Waals surface area contributed by atoms with E-state index in [-0.39, 0.29) is 12.8 Å². The van der Waals surface area contributed by atoms with E-state index >= 15 is 0 Å². The molecule has 17 heteroatoms. The second kappa shape index (κ2) is 41.4. The summed E-state index contributed by atoms with van der Waals surface area (Å²) < 4.78 is 52.8. The van der Waals surface area contributed by atoms with Gasteiger partial charge in [0.25, 0.3) is 0 Å². The van der Waals surface area contributed by atoms with Crippen molar-refractivity contribution in [3.05, 3.63) is 60.8 Å². The Hall–Kier alpha value is -2.26. The van der Waals surface area contributed by atoms with Gasteiger partial charge in [-0.15, -0.1) is 0 Å². The van der Waals surface area contributed by atoms with E-state index in [1.807, 2.05) is 12.2 Å². The van der Waals surface area contributed by atoms with Crippen LogP contribution in [-0.4, -0.2) is 95.0 Å². The predicted octanol–water partition coefficient (Wildman–Crippen LogP) is 9.83. The fourth-order valence-corrected chi connectivity index (χ4v) is 6.97. The lowest BCUT2D eigenvalue weighted by molar-refractivity contribution is -0.148. The van der Waals surface area contributed by atoms with Gasteiger partial charge >= 0.3 is 27.6 Å². The number of esters is 2. The predicted molar refractivity (Wildman–Crippen MR) is 242 cm³/mol. The molecule has 0 amide bonds. The minimum atomic E-state index is -4.80. The number of ether oxygens (including phenoxy) is 2. The molecule has 62 heavy (non-hydrogen) atoms. The Morgan fingerprint density at radius 3 is 1.15 bits per heavy atom. The average molecular weight is 923 g/mol. The maximum atomic E-state index is 12.1. The van der Waals surface area contributed by atoms with Crippen molar-refractivity contribution < 1.29 is 71.4 Å². The average Bonchev–Trinajstić information content (AvgIpc) is 3.24. The zero-order valence-corrected chi connectivity index (χ0v) is 39.3. The molecule has 0 aliphatic heterocycles.